The number of rotatable bonds is 1. The van der Waals surface area contributed by atoms with E-state index in [2.05, 4.69) is 6.92 Å². The van der Waals surface area contributed by atoms with Crippen molar-refractivity contribution in [1.29, 1.82) is 0 Å². The zero-order chi connectivity index (χ0) is 3.41. The molecule has 0 saturated heterocycles. The molecule has 0 bridgehead atoms. The standard InChI is InChI=1S/C3H8N.Zn/c1-2-3-4;/h1-4H2;/q-1;. The van der Waals surface area contributed by atoms with Gasteiger partial charge in [0.2, 0.25) is 0 Å². The molecule has 2 heteroatoms. The summed E-state index contributed by atoms with van der Waals surface area (Å²) in [6, 6.07) is 0. The van der Waals surface area contributed by atoms with Crippen molar-refractivity contribution >= 4 is 0 Å². The van der Waals surface area contributed by atoms with Crippen LogP contribution in [0.4, 0.5) is 0 Å². The molecule has 28 valence electrons. The monoisotopic (exact) mass is 122 g/mol. The first-order chi connectivity index (χ1) is 1.91. The second kappa shape index (κ2) is 8.82. The molecule has 0 aliphatic rings. The molecular weight excluding hydrogens is 115 g/mol. The van der Waals surface area contributed by atoms with Gasteiger partial charge in [-0.05, 0) is 6.54 Å². The maximum absolute atomic E-state index is 4.97. The van der Waals surface area contributed by atoms with Crippen molar-refractivity contribution in [3.05, 3.63) is 6.92 Å². The van der Waals surface area contributed by atoms with Gasteiger partial charge >= 0.3 is 0 Å². The normalized spacial score (nSPS) is 6.00. The molecule has 0 fully saturated rings. The molecule has 0 rings (SSSR count). The van der Waals surface area contributed by atoms with E-state index in [1.54, 1.807) is 0 Å². The minimum atomic E-state index is 0. The molecule has 0 amide bonds. The Kier molecular flexibility index (Phi) is 16.1. The van der Waals surface area contributed by atoms with Crippen LogP contribution in [0.15, 0.2) is 0 Å². The molecular formula is C3H8NZn-. The van der Waals surface area contributed by atoms with Gasteiger partial charge in [-0.3, -0.25) is 0 Å². The second-order valence-corrected chi connectivity index (χ2v) is 0.642. The van der Waals surface area contributed by atoms with Crippen molar-refractivity contribution in [1.82, 2.24) is 0 Å². The summed E-state index contributed by atoms with van der Waals surface area (Å²) in [6.45, 7) is 4.19. The van der Waals surface area contributed by atoms with Crippen LogP contribution >= 0.6 is 0 Å². The Morgan fingerprint density at radius 2 is 1.80 bits per heavy atom. The van der Waals surface area contributed by atoms with Crippen LogP contribution in [-0.4, -0.2) is 6.54 Å². The molecule has 0 saturated carbocycles. The van der Waals surface area contributed by atoms with E-state index in [1.807, 2.05) is 0 Å². The van der Waals surface area contributed by atoms with Gasteiger partial charge in [0.25, 0.3) is 0 Å². The van der Waals surface area contributed by atoms with Crippen LogP contribution < -0.4 is 5.73 Å². The molecule has 2 N–H and O–H groups in total. The van der Waals surface area contributed by atoms with Gasteiger partial charge in [-0.1, -0.05) is 0 Å². The van der Waals surface area contributed by atoms with Crippen LogP contribution in [0.5, 0.6) is 0 Å². The van der Waals surface area contributed by atoms with Crippen LogP contribution in [0.25, 0.3) is 0 Å². The smallest absolute Gasteiger partial charge is 0 e. The molecule has 0 heterocycles. The molecule has 1 nitrogen and oxygen atoms in total. The summed E-state index contributed by atoms with van der Waals surface area (Å²) in [5, 5.41) is 0. The Hall–Kier alpha value is 0.583. The summed E-state index contributed by atoms with van der Waals surface area (Å²) < 4.78 is 0. The molecule has 0 aliphatic heterocycles. The first-order valence-electron chi connectivity index (χ1n) is 1.41. The topological polar surface area (TPSA) is 26.0 Å². The average Bonchev–Trinajstić information content (AvgIpc) is 1.37. The van der Waals surface area contributed by atoms with Gasteiger partial charge in [-0.15, -0.1) is 0 Å². The molecule has 0 spiro atoms. The van der Waals surface area contributed by atoms with E-state index in [-0.39, 0.29) is 19.5 Å². The van der Waals surface area contributed by atoms with E-state index in [0.29, 0.717) is 6.54 Å². The van der Waals surface area contributed by atoms with Crippen LogP contribution in [-0.2, 0) is 19.5 Å². The van der Waals surface area contributed by atoms with E-state index in [9.17, 15) is 0 Å². The van der Waals surface area contributed by atoms with Gasteiger partial charge in [0.15, 0.2) is 0 Å². The quantitative estimate of drug-likeness (QED) is 0.390. The van der Waals surface area contributed by atoms with Gasteiger partial charge in [-0.25, -0.2) is 0 Å². The maximum atomic E-state index is 4.97. The predicted molar refractivity (Wildman–Crippen MR) is 19.0 cm³/mol. The van der Waals surface area contributed by atoms with Crippen molar-refractivity contribution in [3.8, 4) is 0 Å². The Balaban J connectivity index is 0. The predicted octanol–water partition coefficient (Wildman–Crippen LogP) is 0.167. The Morgan fingerprint density at radius 3 is 1.80 bits per heavy atom. The SMILES string of the molecule is [CH2-]CCN.[Zn]. The molecule has 0 unspecified atom stereocenters. The molecule has 0 aliphatic carbocycles. The van der Waals surface area contributed by atoms with Crippen LogP contribution in [0.3, 0.4) is 0 Å². The first-order valence-corrected chi connectivity index (χ1v) is 1.41. The molecule has 0 radical (unpaired) electrons. The molecule has 0 aromatic carbocycles. The summed E-state index contributed by atoms with van der Waals surface area (Å²) in [5.74, 6) is 0. The zero-order valence-corrected chi connectivity index (χ0v) is 6.37. The Labute approximate surface area is 45.7 Å². The fourth-order valence-electron chi connectivity index (χ4n) is 0. The average molecular weight is 123 g/mol. The third-order valence-electron chi connectivity index (χ3n) is 0.204. The van der Waals surface area contributed by atoms with Crippen molar-refractivity contribution < 1.29 is 19.5 Å². The Morgan fingerprint density at radius 1 is 1.60 bits per heavy atom. The van der Waals surface area contributed by atoms with Crippen LogP contribution in [0.1, 0.15) is 6.42 Å². The van der Waals surface area contributed by atoms with E-state index >= 15 is 0 Å². The maximum Gasteiger partial charge on any atom is 0 e. The summed E-state index contributed by atoms with van der Waals surface area (Å²) in [4.78, 5) is 0. The minimum Gasteiger partial charge on any atom is -0.342 e. The summed E-state index contributed by atoms with van der Waals surface area (Å²) in [6.07, 6.45) is 0.847. The largest absolute Gasteiger partial charge is 0.342 e. The third kappa shape index (κ3) is 12.2. The number of hydrogen-bond acceptors (Lipinski definition) is 1. The van der Waals surface area contributed by atoms with Gasteiger partial charge < -0.3 is 12.7 Å². The van der Waals surface area contributed by atoms with Crippen LogP contribution in [0.2, 0.25) is 0 Å². The number of nitrogens with two attached hydrogens (primary N) is 1. The Bertz CT molecular complexity index is 8.85. The number of hydrogen-bond donors (Lipinski definition) is 1. The molecule has 5 heavy (non-hydrogen) atoms. The second-order valence-electron chi connectivity index (χ2n) is 0.642. The summed E-state index contributed by atoms with van der Waals surface area (Å²) in [5.41, 5.74) is 4.97. The van der Waals surface area contributed by atoms with E-state index in [0.717, 1.165) is 6.42 Å². The van der Waals surface area contributed by atoms with Gasteiger partial charge in [0.05, 0.1) is 0 Å². The van der Waals surface area contributed by atoms with Crippen molar-refractivity contribution in [2.45, 2.75) is 6.42 Å². The first kappa shape index (κ1) is 9.13. The van der Waals surface area contributed by atoms with E-state index < -0.39 is 0 Å². The third-order valence-corrected chi connectivity index (χ3v) is 0.204. The molecule has 0 atom stereocenters. The van der Waals surface area contributed by atoms with E-state index in [4.69, 9.17) is 5.73 Å². The summed E-state index contributed by atoms with van der Waals surface area (Å²) in [7, 11) is 0. The van der Waals surface area contributed by atoms with E-state index in [1.165, 1.54) is 0 Å². The molecule has 0 aromatic heterocycles. The van der Waals surface area contributed by atoms with Crippen molar-refractivity contribution in [2.75, 3.05) is 6.54 Å². The molecule has 0 aromatic rings. The van der Waals surface area contributed by atoms with Gasteiger partial charge in [0.1, 0.15) is 0 Å². The van der Waals surface area contributed by atoms with Gasteiger partial charge in [0, 0.05) is 19.5 Å². The van der Waals surface area contributed by atoms with Gasteiger partial charge in [-0.2, -0.15) is 6.42 Å². The fraction of sp³-hybridized carbons (Fsp3) is 0.667. The van der Waals surface area contributed by atoms with Crippen LogP contribution in [0, 0.1) is 6.92 Å². The summed E-state index contributed by atoms with van der Waals surface area (Å²) >= 11 is 0. The zero-order valence-electron chi connectivity index (χ0n) is 3.41. The van der Waals surface area contributed by atoms with Crippen molar-refractivity contribution in [3.63, 3.8) is 0 Å². The minimum absolute atomic E-state index is 0. The fourth-order valence-corrected chi connectivity index (χ4v) is 0. The van der Waals surface area contributed by atoms with Crippen molar-refractivity contribution in [2.24, 2.45) is 5.73 Å².